The number of imidazole rings is 1. The Kier molecular flexibility index (Phi) is 17.4. The zero-order chi connectivity index (χ0) is 43.2. The van der Waals surface area contributed by atoms with Crippen molar-refractivity contribution in [3.63, 3.8) is 0 Å². The van der Waals surface area contributed by atoms with Crippen molar-refractivity contribution in [2.75, 3.05) is 45.9 Å². The minimum Gasteiger partial charge on any atom is -0.479 e. The number of hydrogen-bond acceptors (Lipinski definition) is 13. The summed E-state index contributed by atoms with van der Waals surface area (Å²) in [7, 11) is 0. The minimum atomic E-state index is -1.85. The molecular weight excluding hydrogens is 761 g/mol. The summed E-state index contributed by atoms with van der Waals surface area (Å²) in [6.45, 7) is 22.7. The molecule has 1 saturated heterocycles. The number of carbonyl (C=O) groups is 2. The number of carboxylic acid groups (broad SMARTS) is 2. The van der Waals surface area contributed by atoms with E-state index in [0.717, 1.165) is 21.5 Å². The van der Waals surface area contributed by atoms with Gasteiger partial charge in [-0.05, 0) is 80.2 Å². The average molecular weight is 819 g/mol. The maximum atomic E-state index is 12.0. The summed E-state index contributed by atoms with van der Waals surface area (Å²) in [6, 6.07) is 20.0. The fourth-order valence-corrected chi connectivity index (χ4v) is 6.66. The van der Waals surface area contributed by atoms with Gasteiger partial charge in [-0.1, -0.05) is 96.1 Å². The third kappa shape index (κ3) is 11.3. The maximum Gasteiger partial charge on any atom is 0.337 e. The number of hydrogen-bond donors (Lipinski definition) is 5. The standard InChI is InChI=1S/C30H28N6O9.2C6H15N/c1-2-44-30-31-20-9-5-8-19(28(40)41)21(20)35(30)14-15-10-12-16(13-11-15)17-6-3-4-7-18(17)26-32-34-36(33-26)27-24(39)22(37)23(38)25(45-27)29(42)43;2*1-4-7(5-2)6-3/h3-13,22-25,27,37-39H,2,14H2,1H3,(H,40,41)(H,42,43);2*4-6H2,1-3H3/t22-,23-,24+,25-,27+;;/m0../s1. The first-order chi connectivity index (χ1) is 28.4. The van der Waals surface area contributed by atoms with Gasteiger partial charge in [-0.3, -0.25) is 4.57 Å². The molecule has 17 nitrogen and oxygen atoms in total. The molecule has 1 fully saturated rings. The predicted molar refractivity (Wildman–Crippen MR) is 222 cm³/mol. The number of para-hydroxylation sites is 1. The first-order valence-corrected chi connectivity index (χ1v) is 20.1. The summed E-state index contributed by atoms with van der Waals surface area (Å²) in [5.74, 6) is -2.45. The first kappa shape index (κ1) is 46.4. The molecule has 6 rings (SSSR count). The molecule has 0 amide bonds. The van der Waals surface area contributed by atoms with E-state index in [4.69, 9.17) is 9.47 Å². The van der Waals surface area contributed by atoms with Crippen LogP contribution in [0.3, 0.4) is 0 Å². The van der Waals surface area contributed by atoms with Crippen LogP contribution >= 0.6 is 0 Å². The van der Waals surface area contributed by atoms with Gasteiger partial charge in [0.1, 0.15) is 18.3 Å². The van der Waals surface area contributed by atoms with Crippen molar-refractivity contribution in [2.45, 2.75) is 85.7 Å². The zero-order valence-corrected chi connectivity index (χ0v) is 34.8. The third-order valence-corrected chi connectivity index (χ3v) is 10.2. The lowest BCUT2D eigenvalue weighted by molar-refractivity contribution is -0.251. The van der Waals surface area contributed by atoms with Gasteiger partial charge in [-0.25, -0.2) is 9.59 Å². The summed E-state index contributed by atoms with van der Waals surface area (Å²) in [4.78, 5) is 33.6. The Bertz CT molecular complexity index is 2060. The van der Waals surface area contributed by atoms with E-state index < -0.39 is 42.6 Å². The van der Waals surface area contributed by atoms with E-state index in [1.54, 1.807) is 28.8 Å². The molecule has 1 aliphatic heterocycles. The van der Waals surface area contributed by atoms with E-state index >= 15 is 0 Å². The molecule has 2 aromatic heterocycles. The van der Waals surface area contributed by atoms with Gasteiger partial charge < -0.3 is 44.8 Å². The summed E-state index contributed by atoms with van der Waals surface area (Å²) >= 11 is 0. The number of nitrogens with zero attached hydrogens (tertiary/aromatic N) is 8. The van der Waals surface area contributed by atoms with Crippen LogP contribution in [0.4, 0.5) is 0 Å². The highest BCUT2D eigenvalue weighted by Gasteiger charge is 2.48. The molecule has 5 atom stereocenters. The van der Waals surface area contributed by atoms with Crippen LogP contribution in [0.1, 0.15) is 70.6 Å². The lowest BCUT2D eigenvalue weighted by atomic mass is 9.98. The van der Waals surface area contributed by atoms with E-state index in [-0.39, 0.29) is 11.4 Å². The van der Waals surface area contributed by atoms with Crippen molar-refractivity contribution in [3.05, 3.63) is 77.9 Å². The Labute approximate surface area is 344 Å². The normalized spacial score (nSPS) is 18.9. The second-order valence-electron chi connectivity index (χ2n) is 13.6. The van der Waals surface area contributed by atoms with Gasteiger partial charge >= 0.3 is 11.9 Å². The number of aliphatic carboxylic acids is 1. The maximum absolute atomic E-state index is 12.0. The second-order valence-corrected chi connectivity index (χ2v) is 13.6. The molecule has 0 bridgehead atoms. The number of tetrazole rings is 1. The predicted octanol–water partition coefficient (Wildman–Crippen LogP) is 4.26. The molecule has 0 unspecified atom stereocenters. The van der Waals surface area contributed by atoms with Gasteiger partial charge in [-0.15, -0.1) is 15.0 Å². The number of aromatic nitrogens is 6. The molecule has 0 saturated carbocycles. The number of aromatic carboxylic acids is 1. The van der Waals surface area contributed by atoms with Crippen molar-refractivity contribution in [1.82, 2.24) is 39.6 Å². The number of ether oxygens (including phenoxy) is 2. The lowest BCUT2D eigenvalue weighted by Gasteiger charge is -2.37. The molecule has 17 heteroatoms. The van der Waals surface area contributed by atoms with Crippen LogP contribution in [0.25, 0.3) is 33.5 Å². The van der Waals surface area contributed by atoms with E-state index in [9.17, 15) is 35.1 Å². The number of aliphatic hydroxyl groups is 3. The van der Waals surface area contributed by atoms with Gasteiger partial charge in [0.2, 0.25) is 12.1 Å². The molecule has 3 aromatic carbocycles. The van der Waals surface area contributed by atoms with Crippen LogP contribution in [0, 0.1) is 0 Å². The average Bonchev–Trinajstić information content (AvgIpc) is 3.87. The highest BCUT2D eigenvalue weighted by Crippen LogP contribution is 2.33. The molecule has 5 aromatic rings. The molecule has 1 aliphatic rings. The van der Waals surface area contributed by atoms with Crippen molar-refractivity contribution in [2.24, 2.45) is 0 Å². The Hall–Kier alpha value is -5.30. The smallest absolute Gasteiger partial charge is 0.337 e. The molecule has 59 heavy (non-hydrogen) atoms. The van der Waals surface area contributed by atoms with E-state index in [1.807, 2.05) is 43.3 Å². The quantitative estimate of drug-likeness (QED) is 0.0996. The van der Waals surface area contributed by atoms with Crippen LogP contribution in [0.5, 0.6) is 6.01 Å². The summed E-state index contributed by atoms with van der Waals surface area (Å²) in [5.41, 5.74) is 4.06. The molecule has 5 N–H and O–H groups in total. The fourth-order valence-electron chi connectivity index (χ4n) is 6.66. The Morgan fingerprint density at radius 2 is 1.34 bits per heavy atom. The fraction of sp³-hybridized carbons (Fsp3) is 0.476. The molecule has 320 valence electrons. The van der Waals surface area contributed by atoms with Crippen molar-refractivity contribution in [3.8, 4) is 28.5 Å². The summed E-state index contributed by atoms with van der Waals surface area (Å²) < 4.78 is 12.8. The highest BCUT2D eigenvalue weighted by molar-refractivity contribution is 6.01. The molecular formula is C42H58N8O9. The Morgan fingerprint density at radius 3 is 1.86 bits per heavy atom. The minimum absolute atomic E-state index is 0.118. The summed E-state index contributed by atoms with van der Waals surface area (Å²) in [5, 5.41) is 62.0. The van der Waals surface area contributed by atoms with E-state index in [2.05, 4.69) is 71.7 Å². The second kappa shape index (κ2) is 22.2. The zero-order valence-electron chi connectivity index (χ0n) is 34.8. The van der Waals surface area contributed by atoms with Crippen LogP contribution < -0.4 is 4.74 Å². The molecule has 3 heterocycles. The monoisotopic (exact) mass is 818 g/mol. The van der Waals surface area contributed by atoms with Crippen LogP contribution in [0.15, 0.2) is 66.7 Å². The van der Waals surface area contributed by atoms with Gasteiger partial charge in [0, 0.05) is 5.56 Å². The van der Waals surface area contributed by atoms with Crippen LogP contribution in [0.2, 0.25) is 0 Å². The largest absolute Gasteiger partial charge is 0.479 e. The first-order valence-electron chi connectivity index (χ1n) is 20.1. The molecule has 0 radical (unpaired) electrons. The highest BCUT2D eigenvalue weighted by atomic mass is 16.6. The number of fused-ring (bicyclic) bond motifs is 1. The Morgan fingerprint density at radius 1 is 0.746 bits per heavy atom. The third-order valence-electron chi connectivity index (χ3n) is 10.2. The number of carboxylic acids is 2. The number of benzene rings is 3. The van der Waals surface area contributed by atoms with Gasteiger partial charge in [0.25, 0.3) is 6.01 Å². The molecule has 0 spiro atoms. The van der Waals surface area contributed by atoms with E-state index in [0.29, 0.717) is 35.8 Å². The van der Waals surface area contributed by atoms with Gasteiger partial charge in [-0.2, -0.15) is 4.98 Å². The van der Waals surface area contributed by atoms with Crippen molar-refractivity contribution in [1.29, 1.82) is 0 Å². The Balaban J connectivity index is 0.000000471. The number of aliphatic hydroxyl groups excluding tert-OH is 3. The van der Waals surface area contributed by atoms with Gasteiger partial charge in [0.05, 0.1) is 29.7 Å². The van der Waals surface area contributed by atoms with Crippen LogP contribution in [-0.4, -0.2) is 147 Å². The summed E-state index contributed by atoms with van der Waals surface area (Å²) in [6.07, 6.45) is -8.71. The lowest BCUT2D eigenvalue weighted by Crippen LogP contribution is -2.58. The van der Waals surface area contributed by atoms with E-state index in [1.165, 1.54) is 45.3 Å². The van der Waals surface area contributed by atoms with Crippen molar-refractivity contribution < 1.29 is 44.6 Å². The topological polar surface area (TPSA) is 222 Å². The van der Waals surface area contributed by atoms with Crippen LogP contribution in [-0.2, 0) is 16.1 Å². The molecule has 0 aliphatic carbocycles. The van der Waals surface area contributed by atoms with Crippen molar-refractivity contribution >= 4 is 23.0 Å². The van der Waals surface area contributed by atoms with Gasteiger partial charge in [0.15, 0.2) is 6.10 Å². The SMILES string of the molecule is CCN(CC)CC.CCN(CC)CC.CCOc1nc2cccc(C(=O)O)c2n1Cc1ccc(-c2ccccc2-c2nnn([C@@H]3O[C@H](C(=O)O)[C@@H](O)[C@H](O)[C@H]3O)n2)cc1. The number of rotatable bonds is 15.